The Morgan fingerprint density at radius 2 is 1.96 bits per heavy atom. The van der Waals surface area contributed by atoms with Crippen LogP contribution in [0.4, 0.5) is 4.79 Å². The lowest BCUT2D eigenvalue weighted by atomic mass is 10.1. The highest BCUT2D eigenvalue weighted by Gasteiger charge is 2.44. The number of aromatic nitrogens is 1. The van der Waals surface area contributed by atoms with E-state index in [-0.39, 0.29) is 12.5 Å². The molecular weight excluding hydrogens is 298 g/mol. The summed E-state index contributed by atoms with van der Waals surface area (Å²) in [6.45, 7) is 3.41. The van der Waals surface area contributed by atoms with E-state index >= 15 is 0 Å². The summed E-state index contributed by atoms with van der Waals surface area (Å²) in [5.74, 6) is 0.882. The summed E-state index contributed by atoms with van der Waals surface area (Å²) in [5.41, 5.74) is 0.409. The molecule has 0 saturated carbocycles. The second-order valence-electron chi connectivity index (χ2n) is 5.82. The smallest absolute Gasteiger partial charge is 0.325 e. The fourth-order valence-electron chi connectivity index (χ4n) is 2.37. The summed E-state index contributed by atoms with van der Waals surface area (Å²) in [7, 11) is 1.60. The molecule has 1 aromatic heterocycles. The molecule has 1 fully saturated rings. The Labute approximate surface area is 133 Å². The molecule has 7 nitrogen and oxygen atoms in total. The third-order valence-electron chi connectivity index (χ3n) is 3.65. The van der Waals surface area contributed by atoms with Crippen molar-refractivity contribution in [1.29, 1.82) is 0 Å². The van der Waals surface area contributed by atoms with E-state index in [1.807, 2.05) is 12.1 Å². The Morgan fingerprint density at radius 1 is 1.26 bits per heavy atom. The van der Waals surface area contributed by atoms with Crippen LogP contribution in [-0.2, 0) is 11.3 Å². The third-order valence-corrected chi connectivity index (χ3v) is 3.65. The number of oxazole rings is 1. The number of hydrogen-bond acceptors (Lipinski definition) is 5. The van der Waals surface area contributed by atoms with Gasteiger partial charge in [-0.05, 0) is 38.1 Å². The predicted molar refractivity (Wildman–Crippen MR) is 81.7 cm³/mol. The van der Waals surface area contributed by atoms with Crippen molar-refractivity contribution < 1.29 is 18.7 Å². The highest BCUT2D eigenvalue weighted by Crippen LogP contribution is 2.23. The second kappa shape index (κ2) is 5.42. The van der Waals surface area contributed by atoms with Crippen molar-refractivity contribution in [2.75, 3.05) is 7.11 Å². The van der Waals surface area contributed by atoms with Gasteiger partial charge in [0.25, 0.3) is 5.91 Å². The molecule has 23 heavy (non-hydrogen) atoms. The Kier molecular flexibility index (Phi) is 3.55. The number of nitrogens with zero attached hydrogens (tertiary/aromatic N) is 2. The van der Waals surface area contributed by atoms with Crippen LogP contribution in [0.25, 0.3) is 11.5 Å². The zero-order valence-electron chi connectivity index (χ0n) is 13.1. The van der Waals surface area contributed by atoms with Gasteiger partial charge in [-0.3, -0.25) is 9.69 Å². The van der Waals surface area contributed by atoms with Gasteiger partial charge in [0.05, 0.1) is 19.3 Å². The van der Waals surface area contributed by atoms with Crippen molar-refractivity contribution in [1.82, 2.24) is 15.2 Å². The van der Waals surface area contributed by atoms with E-state index in [1.54, 1.807) is 33.1 Å². The molecule has 1 N–H and O–H groups in total. The van der Waals surface area contributed by atoms with E-state index in [0.717, 1.165) is 16.2 Å². The molecule has 0 unspecified atom stereocenters. The van der Waals surface area contributed by atoms with Crippen molar-refractivity contribution in [3.8, 4) is 17.2 Å². The Balaban J connectivity index is 1.77. The average Bonchev–Trinajstić information content (AvgIpc) is 3.06. The number of amides is 3. The zero-order chi connectivity index (χ0) is 16.6. The number of hydrogen-bond donors (Lipinski definition) is 1. The van der Waals surface area contributed by atoms with Crippen LogP contribution in [0.1, 0.15) is 19.5 Å². The number of rotatable bonds is 4. The molecule has 1 saturated heterocycles. The van der Waals surface area contributed by atoms with Gasteiger partial charge >= 0.3 is 6.03 Å². The fraction of sp³-hybridized carbons (Fsp3) is 0.312. The number of ether oxygens (including phenoxy) is 1. The maximum absolute atomic E-state index is 12.2. The molecule has 7 heteroatoms. The van der Waals surface area contributed by atoms with Gasteiger partial charge in [0, 0.05) is 5.56 Å². The summed E-state index contributed by atoms with van der Waals surface area (Å²) < 4.78 is 10.5. The van der Waals surface area contributed by atoms with Crippen LogP contribution < -0.4 is 10.1 Å². The molecule has 0 radical (unpaired) electrons. The highest BCUT2D eigenvalue weighted by atomic mass is 16.5. The van der Waals surface area contributed by atoms with Gasteiger partial charge in [-0.25, -0.2) is 9.78 Å². The van der Waals surface area contributed by atoms with Crippen molar-refractivity contribution in [3.63, 3.8) is 0 Å². The van der Waals surface area contributed by atoms with Gasteiger partial charge in [0.15, 0.2) is 0 Å². The molecule has 1 aliphatic rings. The number of carbonyl (C=O) groups is 2. The molecule has 3 amide bonds. The SMILES string of the molecule is COc1ccc(-c2nc(CN3C(=O)NC(C)(C)C3=O)co2)cc1. The number of imide groups is 1. The van der Waals surface area contributed by atoms with Gasteiger partial charge in [0.2, 0.25) is 5.89 Å². The van der Waals surface area contributed by atoms with E-state index in [4.69, 9.17) is 9.15 Å². The van der Waals surface area contributed by atoms with Crippen LogP contribution in [0.3, 0.4) is 0 Å². The number of benzene rings is 1. The van der Waals surface area contributed by atoms with Crippen LogP contribution in [0.5, 0.6) is 5.75 Å². The lowest BCUT2D eigenvalue weighted by Crippen LogP contribution is -2.40. The minimum Gasteiger partial charge on any atom is -0.497 e. The molecule has 0 aliphatic carbocycles. The van der Waals surface area contributed by atoms with Crippen LogP contribution in [0, 0.1) is 0 Å². The first-order valence-corrected chi connectivity index (χ1v) is 7.13. The van der Waals surface area contributed by atoms with Crippen molar-refractivity contribution in [2.24, 2.45) is 0 Å². The predicted octanol–water partition coefficient (Wildman–Crippen LogP) is 2.18. The van der Waals surface area contributed by atoms with Gasteiger partial charge in [0.1, 0.15) is 17.6 Å². The highest BCUT2D eigenvalue weighted by molar-refractivity contribution is 6.06. The Bertz CT molecular complexity index is 749. The van der Waals surface area contributed by atoms with Gasteiger partial charge in [-0.2, -0.15) is 0 Å². The summed E-state index contributed by atoms with van der Waals surface area (Å²) >= 11 is 0. The summed E-state index contributed by atoms with van der Waals surface area (Å²) in [6, 6.07) is 6.84. The quantitative estimate of drug-likeness (QED) is 0.874. The number of urea groups is 1. The van der Waals surface area contributed by atoms with Crippen LogP contribution in [0.2, 0.25) is 0 Å². The first kappa shape index (κ1) is 15.1. The van der Waals surface area contributed by atoms with E-state index in [0.29, 0.717) is 11.6 Å². The standard InChI is InChI=1S/C16H17N3O4/c1-16(2)14(20)19(15(21)18-16)8-11-9-23-13(17-11)10-4-6-12(22-3)7-5-10/h4-7,9H,8H2,1-3H3,(H,18,21). The molecule has 1 aliphatic heterocycles. The van der Waals surface area contributed by atoms with Gasteiger partial charge in [-0.1, -0.05) is 0 Å². The largest absolute Gasteiger partial charge is 0.497 e. The normalized spacial score (nSPS) is 16.6. The maximum atomic E-state index is 12.2. The number of methoxy groups -OCH3 is 1. The summed E-state index contributed by atoms with van der Waals surface area (Å²) in [5, 5.41) is 2.63. The molecule has 0 atom stereocenters. The van der Waals surface area contributed by atoms with E-state index in [2.05, 4.69) is 10.3 Å². The van der Waals surface area contributed by atoms with E-state index in [1.165, 1.54) is 6.26 Å². The second-order valence-corrected chi connectivity index (χ2v) is 5.82. The number of nitrogens with one attached hydrogen (secondary N) is 1. The lowest BCUT2D eigenvalue weighted by Gasteiger charge is -2.14. The van der Waals surface area contributed by atoms with Crippen molar-refractivity contribution >= 4 is 11.9 Å². The molecule has 0 bridgehead atoms. The van der Waals surface area contributed by atoms with E-state index in [9.17, 15) is 9.59 Å². The van der Waals surface area contributed by atoms with Crippen LogP contribution in [0.15, 0.2) is 34.9 Å². The topological polar surface area (TPSA) is 84.7 Å². The molecule has 120 valence electrons. The van der Waals surface area contributed by atoms with E-state index < -0.39 is 11.6 Å². The average molecular weight is 315 g/mol. The molecule has 0 spiro atoms. The molecule has 3 rings (SSSR count). The van der Waals surface area contributed by atoms with Crippen molar-refractivity contribution in [2.45, 2.75) is 25.9 Å². The van der Waals surface area contributed by atoms with Crippen molar-refractivity contribution in [3.05, 3.63) is 36.2 Å². The molecule has 2 aromatic rings. The summed E-state index contributed by atoms with van der Waals surface area (Å²) in [6.07, 6.45) is 1.45. The van der Waals surface area contributed by atoms with Gasteiger partial charge < -0.3 is 14.5 Å². The minimum absolute atomic E-state index is 0.0771. The van der Waals surface area contributed by atoms with Gasteiger partial charge in [-0.15, -0.1) is 0 Å². The monoisotopic (exact) mass is 315 g/mol. The number of carbonyl (C=O) groups excluding carboxylic acids is 2. The molecule has 2 heterocycles. The Morgan fingerprint density at radius 3 is 2.52 bits per heavy atom. The molecule has 1 aromatic carbocycles. The third kappa shape index (κ3) is 2.77. The fourth-order valence-corrected chi connectivity index (χ4v) is 2.37. The van der Waals surface area contributed by atoms with Crippen LogP contribution >= 0.6 is 0 Å². The zero-order valence-corrected chi connectivity index (χ0v) is 13.1. The molecular formula is C16H17N3O4. The maximum Gasteiger partial charge on any atom is 0.325 e. The summed E-state index contributed by atoms with van der Waals surface area (Å²) in [4.78, 5) is 29.5. The first-order valence-electron chi connectivity index (χ1n) is 7.13. The van der Waals surface area contributed by atoms with Crippen LogP contribution in [-0.4, -0.2) is 34.5 Å². The minimum atomic E-state index is -0.889. The lowest BCUT2D eigenvalue weighted by molar-refractivity contribution is -0.130. The Hall–Kier alpha value is -2.83. The first-order chi connectivity index (χ1) is 10.9.